The number of nitrogens with zero attached hydrogens (tertiary/aromatic N) is 1. The van der Waals surface area contributed by atoms with Gasteiger partial charge in [-0.1, -0.05) is 0 Å². The summed E-state index contributed by atoms with van der Waals surface area (Å²) in [6.45, 7) is 1.26. The van der Waals surface area contributed by atoms with Crippen molar-refractivity contribution in [1.29, 1.82) is 0 Å². The van der Waals surface area contributed by atoms with E-state index in [0.29, 0.717) is 6.04 Å². The first-order valence-electron chi connectivity index (χ1n) is 4.66. The van der Waals surface area contributed by atoms with Crippen molar-refractivity contribution in [2.75, 3.05) is 6.54 Å². The van der Waals surface area contributed by atoms with Crippen LogP contribution in [0.2, 0.25) is 0 Å². The van der Waals surface area contributed by atoms with Crippen molar-refractivity contribution in [2.45, 2.75) is 31.9 Å². The van der Waals surface area contributed by atoms with Gasteiger partial charge in [0, 0.05) is 18.7 Å². The maximum absolute atomic E-state index is 8.87. The van der Waals surface area contributed by atoms with Crippen LogP contribution in [0.4, 0.5) is 0 Å². The van der Waals surface area contributed by atoms with Gasteiger partial charge in [0.05, 0.1) is 16.5 Å². The van der Waals surface area contributed by atoms with E-state index >= 15 is 0 Å². The summed E-state index contributed by atoms with van der Waals surface area (Å²) in [7, 11) is 0. The van der Waals surface area contributed by atoms with E-state index < -0.39 is 0 Å². The van der Waals surface area contributed by atoms with Gasteiger partial charge >= 0.3 is 0 Å². The molecule has 2 rings (SSSR count). The Morgan fingerprint density at radius 2 is 2.62 bits per heavy atom. The van der Waals surface area contributed by atoms with Crippen LogP contribution in [0, 0.1) is 0 Å². The number of aliphatic hydroxyl groups is 1. The zero-order chi connectivity index (χ0) is 9.10. The maximum Gasteiger partial charge on any atom is 0.0944 e. The normalized spacial score (nSPS) is 22.4. The molecular weight excluding hydrogens is 184 g/mol. The molecule has 1 unspecified atom stereocenters. The van der Waals surface area contributed by atoms with Gasteiger partial charge in [-0.2, -0.15) is 0 Å². The molecule has 4 heteroatoms. The Bertz CT molecular complexity index is 268. The minimum absolute atomic E-state index is 0.121. The van der Waals surface area contributed by atoms with E-state index in [4.69, 9.17) is 5.11 Å². The van der Waals surface area contributed by atoms with Gasteiger partial charge in [-0.25, -0.2) is 4.98 Å². The first-order valence-corrected chi connectivity index (χ1v) is 5.48. The number of hydrogen-bond donors (Lipinski definition) is 2. The van der Waals surface area contributed by atoms with Crippen LogP contribution >= 0.6 is 11.3 Å². The Labute approximate surface area is 81.8 Å². The average molecular weight is 198 g/mol. The Balaban J connectivity index is 1.92. The first-order chi connectivity index (χ1) is 6.38. The van der Waals surface area contributed by atoms with Gasteiger partial charge in [-0.3, -0.25) is 0 Å². The second-order valence-corrected chi connectivity index (χ2v) is 4.58. The molecule has 1 atom stereocenters. The molecule has 2 N–H and O–H groups in total. The number of thiazole rings is 1. The Hall–Kier alpha value is -0.450. The molecule has 1 aromatic heterocycles. The van der Waals surface area contributed by atoms with Gasteiger partial charge in [-0.05, 0) is 19.4 Å². The molecule has 1 saturated heterocycles. The van der Waals surface area contributed by atoms with Crippen molar-refractivity contribution in [3.63, 3.8) is 0 Å². The molecule has 0 spiro atoms. The van der Waals surface area contributed by atoms with E-state index in [9.17, 15) is 0 Å². The molecule has 1 aliphatic rings. The topological polar surface area (TPSA) is 45.2 Å². The predicted molar refractivity (Wildman–Crippen MR) is 52.8 cm³/mol. The van der Waals surface area contributed by atoms with Crippen LogP contribution in [0.5, 0.6) is 0 Å². The number of rotatable bonds is 3. The maximum atomic E-state index is 8.87. The Kier molecular flexibility index (Phi) is 2.93. The molecular formula is C9H14N2OS. The lowest BCUT2D eigenvalue weighted by Crippen LogP contribution is -2.23. The van der Waals surface area contributed by atoms with Crippen molar-refractivity contribution >= 4 is 11.3 Å². The van der Waals surface area contributed by atoms with Gasteiger partial charge in [0.1, 0.15) is 0 Å². The number of hydrogen-bond acceptors (Lipinski definition) is 4. The summed E-state index contributed by atoms with van der Waals surface area (Å²) in [5.74, 6) is 0. The fourth-order valence-corrected chi connectivity index (χ4v) is 2.52. The third-order valence-electron chi connectivity index (χ3n) is 2.34. The lowest BCUT2D eigenvalue weighted by atomic mass is 10.2. The number of aliphatic hydroxyl groups excluding tert-OH is 1. The molecule has 1 aliphatic heterocycles. The fourth-order valence-electron chi connectivity index (χ4n) is 1.66. The highest BCUT2D eigenvalue weighted by atomic mass is 32.1. The summed E-state index contributed by atoms with van der Waals surface area (Å²) >= 11 is 1.62. The quantitative estimate of drug-likeness (QED) is 0.759. The minimum Gasteiger partial charge on any atom is -0.391 e. The van der Waals surface area contributed by atoms with Gasteiger partial charge in [0.15, 0.2) is 0 Å². The van der Waals surface area contributed by atoms with E-state index in [1.54, 1.807) is 17.5 Å². The Morgan fingerprint density at radius 1 is 1.69 bits per heavy atom. The zero-order valence-electron chi connectivity index (χ0n) is 7.49. The van der Waals surface area contributed by atoms with Crippen LogP contribution in [0.25, 0.3) is 0 Å². The summed E-state index contributed by atoms with van der Waals surface area (Å²) < 4.78 is 0. The van der Waals surface area contributed by atoms with Crippen molar-refractivity contribution in [1.82, 2.24) is 10.3 Å². The standard InChI is InChI=1S/C9H14N2OS/c12-6-8-5-11-9(13-8)4-7-2-1-3-10-7/h5,7,10,12H,1-4,6H2. The van der Waals surface area contributed by atoms with Crippen LogP contribution < -0.4 is 5.32 Å². The molecule has 0 aromatic carbocycles. The lowest BCUT2D eigenvalue weighted by molar-refractivity contribution is 0.285. The molecule has 1 aromatic rings. The highest BCUT2D eigenvalue weighted by molar-refractivity contribution is 7.11. The highest BCUT2D eigenvalue weighted by Crippen LogP contribution is 2.17. The minimum atomic E-state index is 0.121. The average Bonchev–Trinajstić information content (AvgIpc) is 2.76. The molecule has 0 radical (unpaired) electrons. The van der Waals surface area contributed by atoms with E-state index in [-0.39, 0.29) is 6.61 Å². The predicted octanol–water partition coefficient (Wildman–Crippen LogP) is 0.930. The van der Waals surface area contributed by atoms with E-state index in [1.807, 2.05) is 0 Å². The van der Waals surface area contributed by atoms with Gasteiger partial charge in [0.25, 0.3) is 0 Å². The molecule has 13 heavy (non-hydrogen) atoms. The molecule has 2 heterocycles. The van der Waals surface area contributed by atoms with Crippen molar-refractivity contribution < 1.29 is 5.11 Å². The number of nitrogens with one attached hydrogen (secondary N) is 1. The van der Waals surface area contributed by atoms with Crippen LogP contribution in [-0.4, -0.2) is 22.7 Å². The van der Waals surface area contributed by atoms with Crippen molar-refractivity contribution in [3.8, 4) is 0 Å². The lowest BCUT2D eigenvalue weighted by Gasteiger charge is -2.05. The zero-order valence-corrected chi connectivity index (χ0v) is 8.31. The monoisotopic (exact) mass is 198 g/mol. The van der Waals surface area contributed by atoms with Crippen LogP contribution in [0.3, 0.4) is 0 Å². The van der Waals surface area contributed by atoms with E-state index in [1.165, 1.54) is 12.8 Å². The second-order valence-electron chi connectivity index (χ2n) is 3.38. The van der Waals surface area contributed by atoms with Crippen molar-refractivity contribution in [3.05, 3.63) is 16.1 Å². The summed E-state index contributed by atoms with van der Waals surface area (Å²) in [4.78, 5) is 5.23. The largest absolute Gasteiger partial charge is 0.391 e. The molecule has 1 fully saturated rings. The second kappa shape index (κ2) is 4.17. The van der Waals surface area contributed by atoms with Crippen molar-refractivity contribution in [2.24, 2.45) is 0 Å². The highest BCUT2D eigenvalue weighted by Gasteiger charge is 2.15. The van der Waals surface area contributed by atoms with Crippen LogP contribution in [0.15, 0.2) is 6.20 Å². The Morgan fingerprint density at radius 3 is 3.23 bits per heavy atom. The van der Waals surface area contributed by atoms with Gasteiger partial charge in [0.2, 0.25) is 0 Å². The summed E-state index contributed by atoms with van der Waals surface area (Å²) in [6, 6.07) is 0.609. The molecule has 0 amide bonds. The van der Waals surface area contributed by atoms with E-state index in [0.717, 1.165) is 22.9 Å². The summed E-state index contributed by atoms with van der Waals surface area (Å²) in [5, 5.41) is 13.4. The van der Waals surface area contributed by atoms with Crippen LogP contribution in [-0.2, 0) is 13.0 Å². The third-order valence-corrected chi connectivity index (χ3v) is 3.35. The molecule has 0 saturated carbocycles. The smallest absolute Gasteiger partial charge is 0.0944 e. The third kappa shape index (κ3) is 2.27. The molecule has 0 bridgehead atoms. The van der Waals surface area contributed by atoms with Gasteiger partial charge in [-0.15, -0.1) is 11.3 Å². The van der Waals surface area contributed by atoms with Gasteiger partial charge < -0.3 is 10.4 Å². The SMILES string of the molecule is OCc1cnc(CC2CCCN2)s1. The number of aromatic nitrogens is 1. The fraction of sp³-hybridized carbons (Fsp3) is 0.667. The van der Waals surface area contributed by atoms with Crippen LogP contribution in [0.1, 0.15) is 22.7 Å². The molecule has 3 nitrogen and oxygen atoms in total. The summed E-state index contributed by atoms with van der Waals surface area (Å²) in [6.07, 6.45) is 5.33. The first kappa shape index (κ1) is 9.12. The van der Waals surface area contributed by atoms with E-state index in [2.05, 4.69) is 10.3 Å². The molecule has 0 aliphatic carbocycles. The summed E-state index contributed by atoms with van der Waals surface area (Å²) in [5.41, 5.74) is 0. The molecule has 72 valence electrons.